The molecule has 0 aliphatic carbocycles. The van der Waals surface area contributed by atoms with Crippen LogP contribution in [0, 0.1) is 0 Å². The van der Waals surface area contributed by atoms with Crippen LogP contribution in [0.15, 0.2) is 54.6 Å². The molecule has 1 amide bonds. The van der Waals surface area contributed by atoms with Gasteiger partial charge in [0.2, 0.25) is 0 Å². The Bertz CT molecular complexity index is 881. The van der Waals surface area contributed by atoms with Gasteiger partial charge in [0, 0.05) is 63.5 Å². The van der Waals surface area contributed by atoms with Crippen molar-refractivity contribution in [2.45, 2.75) is 25.2 Å². The summed E-state index contributed by atoms with van der Waals surface area (Å²) < 4.78 is 17.1. The first-order valence-corrected chi connectivity index (χ1v) is 11.5. The van der Waals surface area contributed by atoms with E-state index in [4.69, 9.17) is 14.2 Å². The van der Waals surface area contributed by atoms with Crippen LogP contribution in [-0.4, -0.2) is 69.3 Å². The largest absolute Gasteiger partial charge is 0.445 e. The van der Waals surface area contributed by atoms with Crippen LogP contribution < -0.4 is 9.80 Å². The summed E-state index contributed by atoms with van der Waals surface area (Å²) in [5.74, 6) is -0.335. The van der Waals surface area contributed by atoms with Gasteiger partial charge in [-0.1, -0.05) is 30.3 Å². The van der Waals surface area contributed by atoms with E-state index in [1.54, 1.807) is 4.90 Å². The standard InChI is InChI=1S/C25H31N3O4/c29-24(30-20-21-4-2-1-3-5-21)28-16-14-27(15-17-28)23-8-6-22(7-9-23)26-12-10-25(11-13-26)31-18-19-32-25/h1-9H,10-20H2. The summed E-state index contributed by atoms with van der Waals surface area (Å²) in [7, 11) is 0. The fraction of sp³-hybridized carbons (Fsp3) is 0.480. The smallest absolute Gasteiger partial charge is 0.410 e. The third-order valence-corrected chi connectivity index (χ3v) is 6.66. The minimum absolute atomic E-state index is 0.234. The molecule has 32 heavy (non-hydrogen) atoms. The van der Waals surface area contributed by atoms with E-state index in [9.17, 15) is 4.79 Å². The van der Waals surface area contributed by atoms with Crippen molar-refractivity contribution < 1.29 is 19.0 Å². The van der Waals surface area contributed by atoms with Gasteiger partial charge in [-0.3, -0.25) is 0 Å². The second kappa shape index (κ2) is 9.38. The van der Waals surface area contributed by atoms with E-state index in [1.165, 1.54) is 11.4 Å². The Hall–Kier alpha value is -2.77. The van der Waals surface area contributed by atoms with E-state index in [1.807, 2.05) is 30.3 Å². The highest BCUT2D eigenvalue weighted by molar-refractivity contribution is 5.68. The number of hydrogen-bond donors (Lipinski definition) is 0. The molecule has 7 nitrogen and oxygen atoms in total. The normalized spacial score (nSPS) is 20.6. The van der Waals surface area contributed by atoms with Crippen molar-refractivity contribution in [3.63, 3.8) is 0 Å². The molecule has 3 aliphatic rings. The van der Waals surface area contributed by atoms with Gasteiger partial charge in [-0.25, -0.2) is 4.79 Å². The van der Waals surface area contributed by atoms with Gasteiger partial charge in [-0.15, -0.1) is 0 Å². The molecule has 3 heterocycles. The summed E-state index contributed by atoms with van der Waals surface area (Å²) in [5, 5.41) is 0. The first-order valence-electron chi connectivity index (χ1n) is 11.5. The fourth-order valence-corrected chi connectivity index (χ4v) is 4.72. The van der Waals surface area contributed by atoms with E-state index in [-0.39, 0.29) is 11.9 Å². The minimum Gasteiger partial charge on any atom is -0.445 e. The first-order chi connectivity index (χ1) is 15.7. The highest BCUT2D eigenvalue weighted by Gasteiger charge is 2.39. The third-order valence-electron chi connectivity index (χ3n) is 6.66. The number of piperidine rings is 1. The summed E-state index contributed by atoms with van der Waals surface area (Å²) >= 11 is 0. The molecule has 3 saturated heterocycles. The fourth-order valence-electron chi connectivity index (χ4n) is 4.72. The van der Waals surface area contributed by atoms with E-state index in [2.05, 4.69) is 34.1 Å². The molecule has 2 aromatic rings. The molecule has 0 aromatic heterocycles. The van der Waals surface area contributed by atoms with E-state index in [0.717, 1.165) is 44.6 Å². The van der Waals surface area contributed by atoms with Crippen LogP contribution in [-0.2, 0) is 20.8 Å². The molecule has 7 heteroatoms. The number of rotatable bonds is 4. The van der Waals surface area contributed by atoms with Crippen LogP contribution >= 0.6 is 0 Å². The molecule has 2 aromatic carbocycles. The zero-order valence-corrected chi connectivity index (χ0v) is 18.4. The number of nitrogens with zero attached hydrogens (tertiary/aromatic N) is 3. The molecule has 0 radical (unpaired) electrons. The molecule has 170 valence electrons. The maximum atomic E-state index is 12.4. The van der Waals surface area contributed by atoms with Gasteiger partial charge >= 0.3 is 6.09 Å². The predicted molar refractivity (Wildman–Crippen MR) is 123 cm³/mol. The lowest BCUT2D eigenvalue weighted by Gasteiger charge is -2.39. The molecular formula is C25H31N3O4. The molecule has 3 fully saturated rings. The monoisotopic (exact) mass is 437 g/mol. The van der Waals surface area contributed by atoms with Crippen molar-refractivity contribution >= 4 is 17.5 Å². The van der Waals surface area contributed by atoms with Crippen LogP contribution in [0.25, 0.3) is 0 Å². The number of hydrogen-bond acceptors (Lipinski definition) is 6. The van der Waals surface area contributed by atoms with Crippen LogP contribution in [0.1, 0.15) is 18.4 Å². The number of amides is 1. The summed E-state index contributed by atoms with van der Waals surface area (Å²) in [4.78, 5) is 18.9. The lowest BCUT2D eigenvalue weighted by atomic mass is 10.0. The van der Waals surface area contributed by atoms with Gasteiger partial charge in [0.25, 0.3) is 0 Å². The molecule has 5 rings (SSSR count). The highest BCUT2D eigenvalue weighted by atomic mass is 16.7. The first kappa shape index (κ1) is 21.1. The highest BCUT2D eigenvalue weighted by Crippen LogP contribution is 2.33. The summed E-state index contributed by atoms with van der Waals surface area (Å²) in [6.07, 6.45) is 1.59. The average Bonchev–Trinajstić information content (AvgIpc) is 3.32. The second-order valence-corrected chi connectivity index (χ2v) is 8.63. The zero-order chi connectivity index (χ0) is 21.8. The van der Waals surface area contributed by atoms with Crippen molar-refractivity contribution in [2.75, 3.05) is 62.3 Å². The predicted octanol–water partition coefficient (Wildman–Crippen LogP) is 3.49. The van der Waals surface area contributed by atoms with Crippen molar-refractivity contribution in [1.29, 1.82) is 0 Å². The molecule has 0 saturated carbocycles. The van der Waals surface area contributed by atoms with Gasteiger partial charge in [0.05, 0.1) is 13.2 Å². The molecular weight excluding hydrogens is 406 g/mol. The quantitative estimate of drug-likeness (QED) is 0.730. The van der Waals surface area contributed by atoms with Crippen LogP contribution in [0.3, 0.4) is 0 Å². The van der Waals surface area contributed by atoms with Gasteiger partial charge in [-0.2, -0.15) is 0 Å². The molecule has 0 bridgehead atoms. The maximum Gasteiger partial charge on any atom is 0.410 e. The summed E-state index contributed by atoms with van der Waals surface area (Å²) in [5.41, 5.74) is 3.44. The number of carbonyl (C=O) groups excluding carboxylic acids is 1. The van der Waals surface area contributed by atoms with E-state index in [0.29, 0.717) is 32.9 Å². The number of carbonyl (C=O) groups is 1. The molecule has 3 aliphatic heterocycles. The van der Waals surface area contributed by atoms with Gasteiger partial charge in [-0.05, 0) is 29.8 Å². The molecule has 0 N–H and O–H groups in total. The third kappa shape index (κ3) is 4.69. The Morgan fingerprint density at radius 3 is 1.94 bits per heavy atom. The lowest BCUT2D eigenvalue weighted by Crippen LogP contribution is -2.49. The van der Waals surface area contributed by atoms with Crippen molar-refractivity contribution in [3.8, 4) is 0 Å². The topological polar surface area (TPSA) is 54.5 Å². The van der Waals surface area contributed by atoms with Gasteiger partial charge in [0.1, 0.15) is 6.61 Å². The molecule has 1 spiro atoms. The van der Waals surface area contributed by atoms with Crippen LogP contribution in [0.4, 0.5) is 16.2 Å². The average molecular weight is 438 g/mol. The SMILES string of the molecule is O=C(OCc1ccccc1)N1CCN(c2ccc(N3CCC4(CC3)OCCO4)cc2)CC1. The zero-order valence-electron chi connectivity index (χ0n) is 18.4. The molecule has 0 unspecified atom stereocenters. The van der Waals surface area contributed by atoms with E-state index < -0.39 is 0 Å². The Balaban J connectivity index is 1.09. The minimum atomic E-state index is -0.335. The Morgan fingerprint density at radius 2 is 1.34 bits per heavy atom. The van der Waals surface area contributed by atoms with Crippen molar-refractivity contribution in [2.24, 2.45) is 0 Å². The maximum absolute atomic E-state index is 12.4. The van der Waals surface area contributed by atoms with Gasteiger partial charge in [0.15, 0.2) is 5.79 Å². The van der Waals surface area contributed by atoms with E-state index >= 15 is 0 Å². The Labute approximate surface area is 189 Å². The lowest BCUT2D eigenvalue weighted by molar-refractivity contribution is -0.169. The van der Waals surface area contributed by atoms with Crippen molar-refractivity contribution in [3.05, 3.63) is 60.2 Å². The van der Waals surface area contributed by atoms with Crippen molar-refractivity contribution in [1.82, 2.24) is 4.90 Å². The van der Waals surface area contributed by atoms with Crippen LogP contribution in [0.2, 0.25) is 0 Å². The van der Waals surface area contributed by atoms with Crippen LogP contribution in [0.5, 0.6) is 0 Å². The Morgan fingerprint density at radius 1 is 0.781 bits per heavy atom. The molecule has 0 atom stereocenters. The summed E-state index contributed by atoms with van der Waals surface area (Å²) in [6.45, 7) is 6.59. The number of ether oxygens (including phenoxy) is 3. The number of piperazine rings is 1. The summed E-state index contributed by atoms with van der Waals surface area (Å²) in [6, 6.07) is 18.6. The Kier molecular flexibility index (Phi) is 6.19. The number of anilines is 2. The number of benzene rings is 2. The van der Waals surface area contributed by atoms with Gasteiger partial charge < -0.3 is 28.9 Å². The second-order valence-electron chi connectivity index (χ2n) is 8.63.